The molecule has 166 valence electrons. The fraction of sp³-hybridized carbons (Fsp3) is 0.308. The van der Waals surface area contributed by atoms with E-state index < -0.39 is 0 Å². The van der Waals surface area contributed by atoms with E-state index >= 15 is 0 Å². The van der Waals surface area contributed by atoms with Crippen molar-refractivity contribution in [1.82, 2.24) is 10.2 Å². The summed E-state index contributed by atoms with van der Waals surface area (Å²) in [6, 6.07) is 17.0. The normalized spacial score (nSPS) is 13.0. The van der Waals surface area contributed by atoms with Gasteiger partial charge >= 0.3 is 0 Å². The van der Waals surface area contributed by atoms with Crippen LogP contribution >= 0.6 is 0 Å². The molecule has 1 aliphatic heterocycles. The van der Waals surface area contributed by atoms with Gasteiger partial charge in [-0.3, -0.25) is 14.5 Å². The molecule has 6 nitrogen and oxygen atoms in total. The van der Waals surface area contributed by atoms with Crippen LogP contribution in [0.4, 0.5) is 0 Å². The van der Waals surface area contributed by atoms with Crippen LogP contribution in [-0.2, 0) is 26.2 Å². The first kappa shape index (κ1) is 21.8. The first-order valence-electron chi connectivity index (χ1n) is 11.0. The van der Waals surface area contributed by atoms with Gasteiger partial charge in [0.15, 0.2) is 0 Å². The lowest BCUT2D eigenvalue weighted by Gasteiger charge is -2.14. The van der Waals surface area contributed by atoms with Crippen LogP contribution in [0.1, 0.15) is 52.6 Å². The van der Waals surface area contributed by atoms with Gasteiger partial charge in [0.25, 0.3) is 5.91 Å². The molecule has 6 heteroatoms. The number of amides is 1. The van der Waals surface area contributed by atoms with Gasteiger partial charge in [-0.25, -0.2) is 0 Å². The summed E-state index contributed by atoms with van der Waals surface area (Å²) >= 11 is 0. The third-order valence-corrected chi connectivity index (χ3v) is 5.56. The van der Waals surface area contributed by atoms with E-state index in [1.54, 1.807) is 12.1 Å². The lowest BCUT2D eigenvalue weighted by molar-refractivity contribution is 0.0953. The quantitative estimate of drug-likeness (QED) is 0.512. The zero-order valence-electron chi connectivity index (χ0n) is 18.3. The van der Waals surface area contributed by atoms with Crippen molar-refractivity contribution in [2.24, 2.45) is 0 Å². The predicted molar refractivity (Wildman–Crippen MR) is 122 cm³/mol. The van der Waals surface area contributed by atoms with Crippen LogP contribution in [0.2, 0.25) is 0 Å². The highest BCUT2D eigenvalue weighted by Crippen LogP contribution is 2.24. The number of nitrogens with zero attached hydrogens (tertiary/aromatic N) is 1. The molecule has 3 aromatic rings. The summed E-state index contributed by atoms with van der Waals surface area (Å²) in [5.41, 5.74) is 3.92. The number of benzene rings is 2. The second-order valence-electron chi connectivity index (χ2n) is 8.08. The van der Waals surface area contributed by atoms with Crippen LogP contribution in [0.25, 0.3) is 0 Å². The van der Waals surface area contributed by atoms with Crippen molar-refractivity contribution in [3.63, 3.8) is 0 Å². The zero-order valence-corrected chi connectivity index (χ0v) is 18.3. The lowest BCUT2D eigenvalue weighted by Crippen LogP contribution is -2.24. The Labute approximate surface area is 187 Å². The Morgan fingerprint density at radius 2 is 1.81 bits per heavy atom. The Bertz CT molecular complexity index is 1100. The number of hydrogen-bond acceptors (Lipinski definition) is 5. The van der Waals surface area contributed by atoms with Crippen molar-refractivity contribution in [2.45, 2.75) is 46.0 Å². The molecule has 0 spiro atoms. The van der Waals surface area contributed by atoms with E-state index in [4.69, 9.17) is 9.15 Å². The molecule has 32 heavy (non-hydrogen) atoms. The van der Waals surface area contributed by atoms with Gasteiger partial charge in [-0.1, -0.05) is 49.7 Å². The minimum atomic E-state index is -0.199. The van der Waals surface area contributed by atoms with Crippen LogP contribution in [-0.4, -0.2) is 17.4 Å². The minimum absolute atomic E-state index is 0.0803. The number of rotatable bonds is 9. The maximum absolute atomic E-state index is 12.5. The number of nitrogens with one attached hydrogen (secondary N) is 1. The lowest BCUT2D eigenvalue weighted by atomic mass is 10.1. The van der Waals surface area contributed by atoms with E-state index in [1.165, 1.54) is 23.5 Å². The number of fused-ring (bicyclic) bond motifs is 1. The van der Waals surface area contributed by atoms with E-state index in [2.05, 4.69) is 29.3 Å². The van der Waals surface area contributed by atoms with Gasteiger partial charge < -0.3 is 14.5 Å². The van der Waals surface area contributed by atoms with Gasteiger partial charge in [0.05, 0.1) is 6.54 Å². The van der Waals surface area contributed by atoms with Crippen molar-refractivity contribution >= 4 is 5.91 Å². The highest BCUT2D eigenvalue weighted by molar-refractivity contribution is 5.94. The van der Waals surface area contributed by atoms with Crippen LogP contribution in [0.5, 0.6) is 5.75 Å². The van der Waals surface area contributed by atoms with Crippen LogP contribution in [0.15, 0.2) is 70.1 Å². The summed E-state index contributed by atoms with van der Waals surface area (Å²) in [4.78, 5) is 26.8. The summed E-state index contributed by atoms with van der Waals surface area (Å²) in [5, 5.41) is 2.89. The number of carbonyl (C=O) groups excluding carboxylic acids is 1. The summed E-state index contributed by atoms with van der Waals surface area (Å²) in [6.07, 6.45) is 3.39. The Kier molecular flexibility index (Phi) is 7.02. The van der Waals surface area contributed by atoms with Crippen molar-refractivity contribution in [3.8, 4) is 5.75 Å². The van der Waals surface area contributed by atoms with E-state index in [9.17, 15) is 9.59 Å². The predicted octanol–water partition coefficient (Wildman–Crippen LogP) is 4.26. The fourth-order valence-corrected chi connectivity index (χ4v) is 3.76. The minimum Gasteiger partial charge on any atom is -0.482 e. The van der Waals surface area contributed by atoms with Crippen molar-refractivity contribution in [1.29, 1.82) is 0 Å². The molecule has 0 fully saturated rings. The molecule has 0 aliphatic carbocycles. The molecule has 2 heterocycles. The van der Waals surface area contributed by atoms with Crippen molar-refractivity contribution in [3.05, 3.63) is 99.1 Å². The molecule has 0 saturated carbocycles. The Hall–Kier alpha value is -3.38. The number of carbonyl (C=O) groups is 1. The van der Waals surface area contributed by atoms with E-state index in [0.717, 1.165) is 31.5 Å². The van der Waals surface area contributed by atoms with Gasteiger partial charge in [-0.15, -0.1) is 0 Å². The fourth-order valence-electron chi connectivity index (χ4n) is 3.76. The molecule has 0 bridgehead atoms. The van der Waals surface area contributed by atoms with E-state index in [0.29, 0.717) is 24.4 Å². The molecule has 1 N–H and O–H groups in total. The molecular formula is C26H28N2O4. The maximum atomic E-state index is 12.5. The average molecular weight is 433 g/mol. The third-order valence-electron chi connectivity index (χ3n) is 5.56. The Morgan fingerprint density at radius 3 is 2.47 bits per heavy atom. The topological polar surface area (TPSA) is 71.8 Å². The summed E-state index contributed by atoms with van der Waals surface area (Å²) in [6.45, 7) is 5.27. The number of unbranched alkanes of at least 4 members (excludes halogenated alkanes) is 1. The number of ether oxygens (including phenoxy) is 1. The standard InChI is InChI=1S/C26H28N2O4/c1-2-3-12-27-26(30)20-10-8-19(9-11-20)17-32-25-18-31-23(13-24(25)29)16-28-14-21-6-4-5-7-22(21)15-28/h4-11,13,18H,2-3,12,14-17H2,1H3,(H,27,30). The maximum Gasteiger partial charge on any atom is 0.251 e. The van der Waals surface area contributed by atoms with Crippen LogP contribution in [0, 0.1) is 0 Å². The second-order valence-corrected chi connectivity index (χ2v) is 8.08. The third kappa shape index (κ3) is 5.45. The zero-order chi connectivity index (χ0) is 22.3. The van der Waals surface area contributed by atoms with Gasteiger partial charge in [0.2, 0.25) is 11.2 Å². The smallest absolute Gasteiger partial charge is 0.251 e. The number of hydrogen-bond donors (Lipinski definition) is 1. The largest absolute Gasteiger partial charge is 0.482 e. The van der Waals surface area contributed by atoms with Crippen molar-refractivity contribution < 1.29 is 13.9 Å². The first-order valence-corrected chi connectivity index (χ1v) is 11.0. The highest BCUT2D eigenvalue weighted by Gasteiger charge is 2.19. The first-order chi connectivity index (χ1) is 15.6. The molecule has 0 saturated heterocycles. The monoisotopic (exact) mass is 432 g/mol. The van der Waals surface area contributed by atoms with Gasteiger partial charge in [-0.2, -0.15) is 0 Å². The molecule has 1 aliphatic rings. The molecule has 4 rings (SSSR count). The summed E-state index contributed by atoms with van der Waals surface area (Å²) in [7, 11) is 0. The second kappa shape index (κ2) is 10.3. The van der Waals surface area contributed by atoms with E-state index in [1.807, 2.05) is 24.3 Å². The molecule has 0 radical (unpaired) electrons. The van der Waals surface area contributed by atoms with Gasteiger partial charge in [-0.05, 0) is 35.2 Å². The van der Waals surface area contributed by atoms with Crippen LogP contribution < -0.4 is 15.5 Å². The summed E-state index contributed by atoms with van der Waals surface area (Å²) < 4.78 is 11.3. The molecule has 2 aromatic carbocycles. The molecule has 1 aromatic heterocycles. The summed E-state index contributed by atoms with van der Waals surface area (Å²) in [5.74, 6) is 0.719. The Balaban J connectivity index is 1.30. The van der Waals surface area contributed by atoms with Crippen LogP contribution in [0.3, 0.4) is 0 Å². The van der Waals surface area contributed by atoms with Crippen molar-refractivity contribution in [2.75, 3.05) is 6.54 Å². The molecular weight excluding hydrogens is 404 g/mol. The van der Waals surface area contributed by atoms with Gasteiger partial charge in [0.1, 0.15) is 18.6 Å². The van der Waals surface area contributed by atoms with Gasteiger partial charge in [0, 0.05) is 31.3 Å². The average Bonchev–Trinajstić information content (AvgIpc) is 3.21. The van der Waals surface area contributed by atoms with E-state index in [-0.39, 0.29) is 23.7 Å². The molecule has 0 atom stereocenters. The molecule has 1 amide bonds. The molecule has 0 unspecified atom stereocenters. The Morgan fingerprint density at radius 1 is 1.09 bits per heavy atom. The highest BCUT2D eigenvalue weighted by atomic mass is 16.5. The SMILES string of the molecule is CCCCNC(=O)c1ccc(COc2coc(CN3Cc4ccccc4C3)cc2=O)cc1.